The van der Waals surface area contributed by atoms with Crippen molar-refractivity contribution in [2.75, 3.05) is 13.2 Å². The molecule has 112 valence electrons. The average molecular weight is 299 g/mol. The number of aliphatic hydroxyl groups is 1. The van der Waals surface area contributed by atoms with Crippen LogP contribution in [0.15, 0.2) is 23.1 Å². The highest BCUT2D eigenvalue weighted by Crippen LogP contribution is 2.25. The first-order valence-electron chi connectivity index (χ1n) is 6.70. The van der Waals surface area contributed by atoms with Gasteiger partial charge in [0.2, 0.25) is 10.0 Å². The van der Waals surface area contributed by atoms with Crippen LogP contribution < -0.4 is 0 Å². The molecule has 6 heteroatoms. The lowest BCUT2D eigenvalue weighted by Crippen LogP contribution is -2.50. The van der Waals surface area contributed by atoms with E-state index in [0.717, 1.165) is 0 Å². The maximum atomic E-state index is 12.8. The second kappa shape index (κ2) is 5.81. The van der Waals surface area contributed by atoms with Gasteiger partial charge < -0.3 is 9.84 Å². The zero-order valence-corrected chi connectivity index (χ0v) is 12.9. The molecule has 0 aromatic heterocycles. The average Bonchev–Trinajstić information content (AvgIpc) is 2.41. The Balaban J connectivity index is 2.43. The van der Waals surface area contributed by atoms with Crippen molar-refractivity contribution in [1.82, 2.24) is 4.31 Å². The van der Waals surface area contributed by atoms with E-state index in [-0.39, 0.29) is 23.6 Å². The number of rotatable bonds is 3. The summed E-state index contributed by atoms with van der Waals surface area (Å²) in [5, 5.41) is 9.19. The normalized spacial score (nSPS) is 24.8. The second-order valence-corrected chi connectivity index (χ2v) is 7.18. The summed E-state index contributed by atoms with van der Waals surface area (Å²) < 4.78 is 32.6. The highest BCUT2D eigenvalue weighted by atomic mass is 32.2. The molecule has 20 heavy (non-hydrogen) atoms. The van der Waals surface area contributed by atoms with Gasteiger partial charge in [-0.2, -0.15) is 4.31 Å². The van der Waals surface area contributed by atoms with Crippen molar-refractivity contribution in [2.24, 2.45) is 0 Å². The molecule has 2 rings (SSSR count). The van der Waals surface area contributed by atoms with E-state index in [0.29, 0.717) is 24.3 Å². The molecule has 1 fully saturated rings. The highest BCUT2D eigenvalue weighted by molar-refractivity contribution is 7.89. The number of hydrogen-bond donors (Lipinski definition) is 1. The van der Waals surface area contributed by atoms with Crippen molar-refractivity contribution >= 4 is 10.0 Å². The first-order chi connectivity index (χ1) is 9.36. The largest absolute Gasteiger partial charge is 0.392 e. The Morgan fingerprint density at radius 2 is 2.10 bits per heavy atom. The molecule has 1 aliphatic rings. The Bertz CT molecular complexity index is 585. The van der Waals surface area contributed by atoms with Crippen LogP contribution in [0.25, 0.3) is 0 Å². The topological polar surface area (TPSA) is 66.8 Å². The number of morpholine rings is 1. The van der Waals surface area contributed by atoms with Gasteiger partial charge in [0.1, 0.15) is 0 Å². The molecule has 1 saturated heterocycles. The number of ether oxygens (including phenoxy) is 1. The summed E-state index contributed by atoms with van der Waals surface area (Å²) >= 11 is 0. The molecule has 0 saturated carbocycles. The highest BCUT2D eigenvalue weighted by Gasteiger charge is 2.34. The Morgan fingerprint density at radius 3 is 2.75 bits per heavy atom. The molecular weight excluding hydrogens is 278 g/mol. The smallest absolute Gasteiger partial charge is 0.243 e. The lowest BCUT2D eigenvalue weighted by Gasteiger charge is -2.36. The SMILES string of the molecule is Cc1ccc(CO)cc1S(=O)(=O)N1CC(C)OCC1C. The van der Waals surface area contributed by atoms with Gasteiger partial charge in [0.25, 0.3) is 0 Å². The van der Waals surface area contributed by atoms with Crippen LogP contribution in [0, 0.1) is 6.92 Å². The van der Waals surface area contributed by atoms with Crippen LogP contribution in [0.1, 0.15) is 25.0 Å². The number of benzene rings is 1. The van der Waals surface area contributed by atoms with E-state index in [9.17, 15) is 13.5 Å². The van der Waals surface area contributed by atoms with Crippen LogP contribution in [-0.4, -0.2) is 43.1 Å². The number of aryl methyl sites for hydroxylation is 1. The zero-order chi connectivity index (χ0) is 14.9. The predicted molar refractivity (Wildman–Crippen MR) is 75.9 cm³/mol. The lowest BCUT2D eigenvalue weighted by molar-refractivity contribution is -0.0170. The van der Waals surface area contributed by atoms with E-state index in [1.54, 1.807) is 25.1 Å². The number of hydrogen-bond acceptors (Lipinski definition) is 4. The molecule has 0 amide bonds. The Kier molecular flexibility index (Phi) is 4.49. The molecule has 2 unspecified atom stereocenters. The summed E-state index contributed by atoms with van der Waals surface area (Å²) in [6.45, 7) is 6.06. The minimum absolute atomic E-state index is 0.109. The minimum atomic E-state index is -3.57. The molecule has 5 nitrogen and oxygen atoms in total. The maximum Gasteiger partial charge on any atom is 0.243 e. The van der Waals surface area contributed by atoms with Gasteiger partial charge in [0.15, 0.2) is 0 Å². The molecule has 2 atom stereocenters. The zero-order valence-electron chi connectivity index (χ0n) is 12.0. The molecular formula is C14H21NO4S. The summed E-state index contributed by atoms with van der Waals surface area (Å²) in [5.74, 6) is 0. The third kappa shape index (κ3) is 2.88. The molecule has 1 aromatic rings. The summed E-state index contributed by atoms with van der Waals surface area (Å²) in [5.41, 5.74) is 1.29. The fourth-order valence-corrected chi connectivity index (χ4v) is 4.32. The quantitative estimate of drug-likeness (QED) is 0.913. The minimum Gasteiger partial charge on any atom is -0.392 e. The maximum absolute atomic E-state index is 12.8. The monoisotopic (exact) mass is 299 g/mol. The third-order valence-electron chi connectivity index (χ3n) is 3.57. The fraction of sp³-hybridized carbons (Fsp3) is 0.571. The summed E-state index contributed by atoms with van der Waals surface area (Å²) in [6.07, 6.45) is -0.109. The molecule has 0 bridgehead atoms. The Morgan fingerprint density at radius 1 is 1.40 bits per heavy atom. The van der Waals surface area contributed by atoms with E-state index >= 15 is 0 Å². The van der Waals surface area contributed by atoms with Crippen LogP contribution in [0.3, 0.4) is 0 Å². The van der Waals surface area contributed by atoms with Gasteiger partial charge in [-0.25, -0.2) is 8.42 Å². The van der Waals surface area contributed by atoms with Crippen LogP contribution in [0.4, 0.5) is 0 Å². The molecule has 1 aliphatic heterocycles. The molecule has 1 N–H and O–H groups in total. The Hall–Kier alpha value is -0.950. The van der Waals surface area contributed by atoms with E-state index in [4.69, 9.17) is 4.74 Å². The van der Waals surface area contributed by atoms with Crippen molar-refractivity contribution in [3.05, 3.63) is 29.3 Å². The van der Waals surface area contributed by atoms with Gasteiger partial charge in [-0.1, -0.05) is 12.1 Å². The van der Waals surface area contributed by atoms with E-state index < -0.39 is 10.0 Å². The first kappa shape index (κ1) is 15.4. The number of aliphatic hydroxyl groups excluding tert-OH is 1. The van der Waals surface area contributed by atoms with Crippen molar-refractivity contribution in [3.8, 4) is 0 Å². The molecule has 0 spiro atoms. The first-order valence-corrected chi connectivity index (χ1v) is 8.14. The van der Waals surface area contributed by atoms with Crippen LogP contribution in [-0.2, 0) is 21.4 Å². The molecule has 1 aromatic carbocycles. The van der Waals surface area contributed by atoms with E-state index in [2.05, 4.69) is 0 Å². The van der Waals surface area contributed by atoms with Crippen molar-refractivity contribution < 1.29 is 18.3 Å². The van der Waals surface area contributed by atoms with E-state index in [1.165, 1.54) is 4.31 Å². The standard InChI is InChI=1S/C14H21NO4S/c1-10-4-5-13(8-16)6-14(10)20(17,18)15-7-12(3)19-9-11(15)2/h4-6,11-12,16H,7-9H2,1-3H3. The third-order valence-corrected chi connectivity index (χ3v) is 5.69. The van der Waals surface area contributed by atoms with Gasteiger partial charge in [-0.05, 0) is 38.0 Å². The number of sulfonamides is 1. The summed E-state index contributed by atoms with van der Waals surface area (Å²) in [7, 11) is -3.57. The summed E-state index contributed by atoms with van der Waals surface area (Å²) in [4.78, 5) is 0.269. The van der Waals surface area contributed by atoms with Crippen LogP contribution >= 0.6 is 0 Å². The van der Waals surface area contributed by atoms with Gasteiger partial charge in [-0.3, -0.25) is 0 Å². The van der Waals surface area contributed by atoms with Crippen molar-refractivity contribution in [1.29, 1.82) is 0 Å². The van der Waals surface area contributed by atoms with Crippen molar-refractivity contribution in [3.63, 3.8) is 0 Å². The van der Waals surface area contributed by atoms with Gasteiger partial charge >= 0.3 is 0 Å². The molecule has 0 aliphatic carbocycles. The predicted octanol–water partition coefficient (Wildman–Crippen LogP) is 1.29. The molecule has 0 radical (unpaired) electrons. The van der Waals surface area contributed by atoms with Gasteiger partial charge in [0.05, 0.1) is 24.2 Å². The second-order valence-electron chi connectivity index (χ2n) is 5.33. The fourth-order valence-electron chi connectivity index (χ4n) is 2.35. The lowest BCUT2D eigenvalue weighted by atomic mass is 10.2. The van der Waals surface area contributed by atoms with Gasteiger partial charge in [0, 0.05) is 12.6 Å². The Labute approximate surface area is 120 Å². The molecule has 1 heterocycles. The number of nitrogens with zero attached hydrogens (tertiary/aromatic N) is 1. The van der Waals surface area contributed by atoms with Gasteiger partial charge in [-0.15, -0.1) is 0 Å². The van der Waals surface area contributed by atoms with Crippen molar-refractivity contribution in [2.45, 2.75) is 44.4 Å². The van der Waals surface area contributed by atoms with Crippen LogP contribution in [0.5, 0.6) is 0 Å². The van der Waals surface area contributed by atoms with Crippen LogP contribution in [0.2, 0.25) is 0 Å². The summed E-state index contributed by atoms with van der Waals surface area (Å²) in [6, 6.07) is 4.83. The van der Waals surface area contributed by atoms with E-state index in [1.807, 2.05) is 13.8 Å².